The molecule has 0 fully saturated rings. The first-order valence-corrected chi connectivity index (χ1v) is 7.22. The lowest BCUT2D eigenvalue weighted by molar-refractivity contribution is -0.138. The van der Waals surface area contributed by atoms with Crippen LogP contribution in [0.15, 0.2) is 30.3 Å². The molecule has 1 aromatic carbocycles. The first-order chi connectivity index (χ1) is 11.4. The van der Waals surface area contributed by atoms with E-state index >= 15 is 0 Å². The molecule has 0 aliphatic heterocycles. The molecule has 1 atom stereocenters. The van der Waals surface area contributed by atoms with Gasteiger partial charge in [-0.2, -0.15) is 0 Å². The molecular formula is C15H20N4O5. The van der Waals surface area contributed by atoms with Gasteiger partial charge in [-0.3, -0.25) is 19.2 Å². The number of benzene rings is 1. The highest BCUT2D eigenvalue weighted by molar-refractivity contribution is 5.91. The molecule has 6 N–H and O–H groups in total. The van der Waals surface area contributed by atoms with Gasteiger partial charge in [0.15, 0.2) is 0 Å². The standard InChI is InChI=1S/C15H20N4O5/c16-7-12(20)17-8-13(21)19-11(15(24)18-9-14(22)23)6-10-4-2-1-3-5-10/h1-5,11H,6-9,16H2,(H,17,20)(H,18,24)(H,19,21)(H,22,23). The Morgan fingerprint density at radius 1 is 1.00 bits per heavy atom. The molecule has 0 aliphatic carbocycles. The molecule has 0 aliphatic rings. The van der Waals surface area contributed by atoms with Crippen molar-refractivity contribution in [2.75, 3.05) is 19.6 Å². The zero-order chi connectivity index (χ0) is 17.9. The van der Waals surface area contributed by atoms with Crippen molar-refractivity contribution in [2.45, 2.75) is 12.5 Å². The van der Waals surface area contributed by atoms with Gasteiger partial charge in [0.25, 0.3) is 0 Å². The predicted octanol–water partition coefficient (Wildman–Crippen LogP) is -2.01. The minimum atomic E-state index is -1.19. The third-order valence-corrected chi connectivity index (χ3v) is 2.98. The zero-order valence-electron chi connectivity index (χ0n) is 13.0. The molecule has 1 rings (SSSR count). The number of aliphatic carboxylic acids is 1. The van der Waals surface area contributed by atoms with Crippen LogP contribution >= 0.6 is 0 Å². The summed E-state index contributed by atoms with van der Waals surface area (Å²) in [5, 5.41) is 15.6. The van der Waals surface area contributed by atoms with Gasteiger partial charge in [-0.1, -0.05) is 30.3 Å². The second kappa shape index (κ2) is 9.95. The van der Waals surface area contributed by atoms with Gasteiger partial charge >= 0.3 is 5.97 Å². The van der Waals surface area contributed by atoms with Crippen LogP contribution in [0.3, 0.4) is 0 Å². The molecule has 0 radical (unpaired) electrons. The van der Waals surface area contributed by atoms with Crippen LogP contribution < -0.4 is 21.7 Å². The van der Waals surface area contributed by atoms with Crippen molar-refractivity contribution < 1.29 is 24.3 Å². The Hall–Kier alpha value is -2.94. The van der Waals surface area contributed by atoms with Crippen molar-refractivity contribution in [3.63, 3.8) is 0 Å². The number of rotatable bonds is 9. The number of carbonyl (C=O) groups excluding carboxylic acids is 3. The largest absolute Gasteiger partial charge is 0.480 e. The molecular weight excluding hydrogens is 316 g/mol. The summed E-state index contributed by atoms with van der Waals surface area (Å²) in [6.07, 6.45) is 0.183. The van der Waals surface area contributed by atoms with Gasteiger partial charge in [-0.05, 0) is 5.56 Å². The molecule has 0 saturated carbocycles. The fraction of sp³-hybridized carbons (Fsp3) is 0.333. The van der Waals surface area contributed by atoms with Crippen molar-refractivity contribution in [3.05, 3.63) is 35.9 Å². The minimum Gasteiger partial charge on any atom is -0.480 e. The molecule has 0 aromatic heterocycles. The normalized spacial score (nSPS) is 11.2. The van der Waals surface area contributed by atoms with Gasteiger partial charge in [0, 0.05) is 6.42 Å². The predicted molar refractivity (Wildman–Crippen MR) is 84.8 cm³/mol. The molecule has 9 nitrogen and oxygen atoms in total. The smallest absolute Gasteiger partial charge is 0.322 e. The lowest BCUT2D eigenvalue weighted by Crippen LogP contribution is -2.51. The van der Waals surface area contributed by atoms with E-state index in [-0.39, 0.29) is 19.5 Å². The summed E-state index contributed by atoms with van der Waals surface area (Å²) in [6, 6.07) is 7.97. The number of hydrogen-bond acceptors (Lipinski definition) is 5. The highest BCUT2D eigenvalue weighted by atomic mass is 16.4. The topological polar surface area (TPSA) is 151 Å². The molecule has 1 aromatic rings. The van der Waals surface area contributed by atoms with Crippen LogP contribution in [0.2, 0.25) is 0 Å². The van der Waals surface area contributed by atoms with Gasteiger partial charge < -0.3 is 26.8 Å². The average Bonchev–Trinajstić information content (AvgIpc) is 2.57. The summed E-state index contributed by atoms with van der Waals surface area (Å²) in [4.78, 5) is 45.5. The van der Waals surface area contributed by atoms with Crippen LogP contribution in [0.5, 0.6) is 0 Å². The zero-order valence-corrected chi connectivity index (χ0v) is 13.0. The lowest BCUT2D eigenvalue weighted by Gasteiger charge is -2.18. The van der Waals surface area contributed by atoms with Gasteiger partial charge in [-0.15, -0.1) is 0 Å². The van der Waals surface area contributed by atoms with E-state index in [9.17, 15) is 19.2 Å². The fourth-order valence-electron chi connectivity index (χ4n) is 1.84. The Kier molecular flexibility index (Phi) is 7.92. The maximum absolute atomic E-state index is 12.1. The Morgan fingerprint density at radius 2 is 1.67 bits per heavy atom. The number of nitrogens with two attached hydrogens (primary N) is 1. The Bertz CT molecular complexity index is 591. The second-order valence-electron chi connectivity index (χ2n) is 4.90. The Morgan fingerprint density at radius 3 is 2.25 bits per heavy atom. The number of carboxylic acid groups (broad SMARTS) is 1. The van der Waals surface area contributed by atoms with E-state index in [0.717, 1.165) is 5.56 Å². The molecule has 0 spiro atoms. The molecule has 9 heteroatoms. The van der Waals surface area contributed by atoms with Crippen LogP contribution in [0.4, 0.5) is 0 Å². The summed E-state index contributed by atoms with van der Waals surface area (Å²) in [6.45, 7) is -1.13. The first kappa shape index (κ1) is 19.1. The summed E-state index contributed by atoms with van der Waals surface area (Å²) in [7, 11) is 0. The van der Waals surface area contributed by atoms with Crippen LogP contribution in [-0.2, 0) is 25.6 Å². The molecule has 3 amide bonds. The molecule has 0 saturated heterocycles. The number of carboxylic acids is 1. The van der Waals surface area contributed by atoms with Crippen molar-refractivity contribution in [3.8, 4) is 0 Å². The molecule has 0 bridgehead atoms. The van der Waals surface area contributed by atoms with Crippen LogP contribution in [0.25, 0.3) is 0 Å². The highest BCUT2D eigenvalue weighted by Gasteiger charge is 2.21. The first-order valence-electron chi connectivity index (χ1n) is 7.22. The van der Waals surface area contributed by atoms with E-state index in [1.165, 1.54) is 0 Å². The van der Waals surface area contributed by atoms with Gasteiger partial charge in [0.1, 0.15) is 12.6 Å². The van der Waals surface area contributed by atoms with E-state index < -0.39 is 36.3 Å². The molecule has 24 heavy (non-hydrogen) atoms. The van der Waals surface area contributed by atoms with E-state index in [4.69, 9.17) is 10.8 Å². The Labute approximate surface area is 138 Å². The van der Waals surface area contributed by atoms with E-state index in [0.29, 0.717) is 0 Å². The number of amides is 3. The van der Waals surface area contributed by atoms with Crippen molar-refractivity contribution in [2.24, 2.45) is 5.73 Å². The van der Waals surface area contributed by atoms with Gasteiger partial charge in [-0.25, -0.2) is 0 Å². The Balaban J connectivity index is 2.69. The quantitative estimate of drug-likeness (QED) is 0.351. The monoisotopic (exact) mass is 336 g/mol. The number of hydrogen-bond donors (Lipinski definition) is 5. The SMILES string of the molecule is NCC(=O)NCC(=O)NC(Cc1ccccc1)C(=O)NCC(=O)O. The van der Waals surface area contributed by atoms with Crippen molar-refractivity contribution in [1.29, 1.82) is 0 Å². The molecule has 130 valence electrons. The third-order valence-electron chi connectivity index (χ3n) is 2.98. The molecule has 0 heterocycles. The third kappa shape index (κ3) is 7.36. The van der Waals surface area contributed by atoms with Crippen LogP contribution in [0.1, 0.15) is 5.56 Å². The summed E-state index contributed by atoms with van der Waals surface area (Å²) < 4.78 is 0. The van der Waals surface area contributed by atoms with E-state index in [1.54, 1.807) is 24.3 Å². The van der Waals surface area contributed by atoms with Gasteiger partial charge in [0.2, 0.25) is 17.7 Å². The van der Waals surface area contributed by atoms with E-state index in [1.807, 2.05) is 6.07 Å². The lowest BCUT2D eigenvalue weighted by atomic mass is 10.1. The number of carbonyl (C=O) groups is 4. The fourth-order valence-corrected chi connectivity index (χ4v) is 1.84. The average molecular weight is 336 g/mol. The summed E-state index contributed by atoms with van der Waals surface area (Å²) >= 11 is 0. The van der Waals surface area contributed by atoms with Crippen molar-refractivity contribution >= 4 is 23.7 Å². The maximum Gasteiger partial charge on any atom is 0.322 e. The summed E-state index contributed by atoms with van der Waals surface area (Å²) in [5.41, 5.74) is 5.91. The van der Waals surface area contributed by atoms with Crippen LogP contribution in [-0.4, -0.2) is 54.5 Å². The van der Waals surface area contributed by atoms with Crippen molar-refractivity contribution in [1.82, 2.24) is 16.0 Å². The summed E-state index contributed by atoms with van der Waals surface area (Å²) in [5.74, 6) is -2.90. The van der Waals surface area contributed by atoms with E-state index in [2.05, 4.69) is 16.0 Å². The maximum atomic E-state index is 12.1. The van der Waals surface area contributed by atoms with Crippen LogP contribution in [0, 0.1) is 0 Å². The minimum absolute atomic E-state index is 0.183. The van der Waals surface area contributed by atoms with Gasteiger partial charge in [0.05, 0.1) is 13.1 Å². The second-order valence-corrected chi connectivity index (χ2v) is 4.90. The highest BCUT2D eigenvalue weighted by Crippen LogP contribution is 2.03. The molecule has 1 unspecified atom stereocenters. The number of nitrogens with one attached hydrogen (secondary N) is 3.